The maximum absolute atomic E-state index is 12.4. The van der Waals surface area contributed by atoms with Crippen molar-refractivity contribution in [3.05, 3.63) is 36.2 Å². The average Bonchev–Trinajstić information content (AvgIpc) is 3.35. The molecule has 1 aromatic carbocycles. The summed E-state index contributed by atoms with van der Waals surface area (Å²) in [6.07, 6.45) is 3.66. The molecule has 0 aliphatic carbocycles. The smallest absolute Gasteiger partial charge is 0.317 e. The Kier molecular flexibility index (Phi) is 4.82. The molecule has 0 spiro atoms. The van der Waals surface area contributed by atoms with Crippen molar-refractivity contribution < 1.29 is 23.7 Å². The molecule has 4 rings (SSSR count). The number of benzene rings is 1. The van der Waals surface area contributed by atoms with Crippen LogP contribution in [0.3, 0.4) is 0 Å². The Morgan fingerprint density at radius 2 is 2.07 bits per heavy atom. The Morgan fingerprint density at radius 3 is 2.93 bits per heavy atom. The van der Waals surface area contributed by atoms with Crippen molar-refractivity contribution in [2.45, 2.75) is 19.1 Å². The lowest BCUT2D eigenvalue weighted by atomic mass is 10.2. The van der Waals surface area contributed by atoms with E-state index in [1.54, 1.807) is 11.1 Å². The van der Waals surface area contributed by atoms with Gasteiger partial charge in [0.2, 0.25) is 6.79 Å². The zero-order chi connectivity index (χ0) is 18.6. The lowest BCUT2D eigenvalue weighted by Gasteiger charge is -2.18. The van der Waals surface area contributed by atoms with Crippen LogP contribution in [0.1, 0.15) is 12.0 Å². The van der Waals surface area contributed by atoms with E-state index in [9.17, 15) is 4.79 Å². The zero-order valence-electron chi connectivity index (χ0n) is 14.9. The van der Waals surface area contributed by atoms with Gasteiger partial charge < -0.3 is 29.2 Å². The van der Waals surface area contributed by atoms with Gasteiger partial charge in [-0.25, -0.2) is 14.8 Å². The van der Waals surface area contributed by atoms with E-state index in [0.717, 1.165) is 17.7 Å². The molecule has 2 aliphatic rings. The number of rotatable bonds is 5. The summed E-state index contributed by atoms with van der Waals surface area (Å²) in [4.78, 5) is 22.3. The van der Waals surface area contributed by atoms with Gasteiger partial charge in [0.25, 0.3) is 11.8 Å². The van der Waals surface area contributed by atoms with Crippen molar-refractivity contribution in [1.29, 1.82) is 0 Å². The number of hydrogen-bond acceptors (Lipinski definition) is 7. The van der Waals surface area contributed by atoms with Gasteiger partial charge in [-0.3, -0.25) is 0 Å². The number of carbonyl (C=O) groups is 1. The first kappa shape index (κ1) is 17.2. The SMILES string of the molecule is COc1nccnc1OC1CCN(C(=O)NCc2ccc3c(c2)OCO3)C1. The van der Waals surface area contributed by atoms with E-state index in [1.165, 1.54) is 13.3 Å². The monoisotopic (exact) mass is 372 g/mol. The summed E-state index contributed by atoms with van der Waals surface area (Å²) < 4.78 is 21.6. The van der Waals surface area contributed by atoms with Crippen LogP contribution in [0, 0.1) is 0 Å². The second kappa shape index (κ2) is 7.56. The van der Waals surface area contributed by atoms with Crippen molar-refractivity contribution in [3.8, 4) is 23.3 Å². The Morgan fingerprint density at radius 1 is 1.26 bits per heavy atom. The van der Waals surface area contributed by atoms with E-state index in [1.807, 2.05) is 18.2 Å². The third-order valence-corrected chi connectivity index (χ3v) is 4.42. The van der Waals surface area contributed by atoms with Gasteiger partial charge in [-0.15, -0.1) is 0 Å². The van der Waals surface area contributed by atoms with Crippen LogP contribution in [0.15, 0.2) is 30.6 Å². The first-order chi connectivity index (χ1) is 13.2. The molecule has 1 aromatic heterocycles. The van der Waals surface area contributed by atoms with Gasteiger partial charge in [0.1, 0.15) is 6.10 Å². The van der Waals surface area contributed by atoms with Crippen LogP contribution in [0.5, 0.6) is 23.3 Å². The molecule has 0 saturated carbocycles. The van der Waals surface area contributed by atoms with Gasteiger partial charge in [0.15, 0.2) is 11.5 Å². The fourth-order valence-electron chi connectivity index (χ4n) is 3.04. The number of hydrogen-bond donors (Lipinski definition) is 1. The first-order valence-electron chi connectivity index (χ1n) is 8.66. The molecular weight excluding hydrogens is 352 g/mol. The number of ether oxygens (including phenoxy) is 4. The van der Waals surface area contributed by atoms with Crippen LogP contribution in [0.25, 0.3) is 0 Å². The number of nitrogens with one attached hydrogen (secondary N) is 1. The lowest BCUT2D eigenvalue weighted by molar-refractivity contribution is 0.174. The minimum absolute atomic E-state index is 0.134. The standard InChI is InChI=1S/C18H20N4O5/c1-24-16-17(20-6-5-19-16)27-13-4-7-22(10-13)18(23)21-9-12-2-3-14-15(8-12)26-11-25-14/h2-3,5-6,8,13H,4,7,9-11H2,1H3,(H,21,23). The van der Waals surface area contributed by atoms with Crippen molar-refractivity contribution in [3.63, 3.8) is 0 Å². The number of urea groups is 1. The van der Waals surface area contributed by atoms with E-state index in [4.69, 9.17) is 18.9 Å². The average molecular weight is 372 g/mol. The third kappa shape index (κ3) is 3.81. The number of aromatic nitrogens is 2. The van der Waals surface area contributed by atoms with E-state index >= 15 is 0 Å². The summed E-state index contributed by atoms with van der Waals surface area (Å²) in [6, 6.07) is 5.49. The number of nitrogens with zero attached hydrogens (tertiary/aromatic N) is 3. The molecule has 9 nitrogen and oxygen atoms in total. The van der Waals surface area contributed by atoms with Gasteiger partial charge in [-0.2, -0.15) is 0 Å². The van der Waals surface area contributed by atoms with Crippen LogP contribution in [0.2, 0.25) is 0 Å². The van der Waals surface area contributed by atoms with E-state index < -0.39 is 0 Å². The van der Waals surface area contributed by atoms with Crippen LogP contribution >= 0.6 is 0 Å². The predicted molar refractivity (Wildman–Crippen MR) is 94.0 cm³/mol. The molecule has 1 N–H and O–H groups in total. The van der Waals surface area contributed by atoms with Crippen LogP contribution in [0.4, 0.5) is 4.79 Å². The highest BCUT2D eigenvalue weighted by Gasteiger charge is 2.28. The predicted octanol–water partition coefficient (Wildman–Crippen LogP) is 1.58. The highest BCUT2D eigenvalue weighted by Crippen LogP contribution is 2.32. The maximum atomic E-state index is 12.4. The quantitative estimate of drug-likeness (QED) is 0.851. The highest BCUT2D eigenvalue weighted by atomic mass is 16.7. The number of carbonyl (C=O) groups excluding carboxylic acids is 1. The fourth-order valence-corrected chi connectivity index (χ4v) is 3.04. The van der Waals surface area contributed by atoms with Crippen LogP contribution in [-0.2, 0) is 6.54 Å². The minimum atomic E-state index is -0.146. The molecule has 2 aliphatic heterocycles. The second-order valence-corrected chi connectivity index (χ2v) is 6.19. The van der Waals surface area contributed by atoms with E-state index in [2.05, 4.69) is 15.3 Å². The molecule has 2 amide bonds. The molecule has 142 valence electrons. The molecular formula is C18H20N4O5. The molecule has 27 heavy (non-hydrogen) atoms. The molecule has 0 radical (unpaired) electrons. The molecule has 1 saturated heterocycles. The number of likely N-dealkylation sites (tertiary alicyclic amines) is 1. The fraction of sp³-hybridized carbons (Fsp3) is 0.389. The lowest BCUT2D eigenvalue weighted by Crippen LogP contribution is -2.39. The second-order valence-electron chi connectivity index (χ2n) is 6.19. The Balaban J connectivity index is 1.29. The van der Waals surface area contributed by atoms with Gasteiger partial charge in [-0.1, -0.05) is 6.07 Å². The molecule has 2 aromatic rings. The minimum Gasteiger partial charge on any atom is -0.477 e. The van der Waals surface area contributed by atoms with Gasteiger partial charge in [0.05, 0.1) is 13.7 Å². The summed E-state index contributed by atoms with van der Waals surface area (Å²) in [5.41, 5.74) is 0.948. The normalized spacial score (nSPS) is 17.7. The summed E-state index contributed by atoms with van der Waals surface area (Å²) in [5, 5.41) is 2.92. The molecule has 1 atom stereocenters. The summed E-state index contributed by atoms with van der Waals surface area (Å²) in [7, 11) is 1.52. The Hall–Kier alpha value is -3.23. The molecule has 3 heterocycles. The number of amides is 2. The number of fused-ring (bicyclic) bond motifs is 1. The van der Waals surface area contributed by atoms with Crippen molar-refractivity contribution in [1.82, 2.24) is 20.2 Å². The molecule has 1 unspecified atom stereocenters. The molecule has 9 heteroatoms. The largest absolute Gasteiger partial charge is 0.477 e. The number of methoxy groups -OCH3 is 1. The first-order valence-corrected chi connectivity index (χ1v) is 8.66. The zero-order valence-corrected chi connectivity index (χ0v) is 14.9. The van der Waals surface area contributed by atoms with Gasteiger partial charge >= 0.3 is 6.03 Å². The Labute approximate surface area is 156 Å². The van der Waals surface area contributed by atoms with E-state index in [-0.39, 0.29) is 18.9 Å². The summed E-state index contributed by atoms with van der Waals surface area (Å²) in [5.74, 6) is 2.11. The third-order valence-electron chi connectivity index (χ3n) is 4.42. The molecule has 0 bridgehead atoms. The van der Waals surface area contributed by atoms with Crippen molar-refractivity contribution in [2.75, 3.05) is 27.0 Å². The maximum Gasteiger partial charge on any atom is 0.317 e. The van der Waals surface area contributed by atoms with E-state index in [0.29, 0.717) is 37.1 Å². The molecule has 1 fully saturated rings. The van der Waals surface area contributed by atoms with Crippen LogP contribution in [-0.4, -0.2) is 54.0 Å². The van der Waals surface area contributed by atoms with Crippen molar-refractivity contribution in [2.24, 2.45) is 0 Å². The van der Waals surface area contributed by atoms with Gasteiger partial charge in [-0.05, 0) is 17.7 Å². The summed E-state index contributed by atoms with van der Waals surface area (Å²) in [6.45, 7) is 1.74. The summed E-state index contributed by atoms with van der Waals surface area (Å²) >= 11 is 0. The van der Waals surface area contributed by atoms with Crippen LogP contribution < -0.4 is 24.3 Å². The Bertz CT molecular complexity index is 831. The highest BCUT2D eigenvalue weighted by molar-refractivity contribution is 5.74. The van der Waals surface area contributed by atoms with Crippen molar-refractivity contribution >= 4 is 6.03 Å². The van der Waals surface area contributed by atoms with Gasteiger partial charge in [0, 0.05) is 31.9 Å². The topological polar surface area (TPSA) is 95.0 Å².